The van der Waals surface area contributed by atoms with Crippen LogP contribution in [0.5, 0.6) is 0 Å². The molecule has 0 aliphatic carbocycles. The van der Waals surface area contributed by atoms with Gasteiger partial charge in [-0.05, 0) is 41.5 Å². The molecule has 1 aliphatic heterocycles. The maximum atomic E-state index is 13.6. The van der Waals surface area contributed by atoms with Gasteiger partial charge in [0.25, 0.3) is 5.56 Å². The molecule has 0 bridgehead atoms. The summed E-state index contributed by atoms with van der Waals surface area (Å²) < 4.78 is 11.9. The first-order valence-electron chi connectivity index (χ1n) is 9.41. The van der Waals surface area contributed by atoms with Crippen LogP contribution >= 0.6 is 11.3 Å². The smallest absolute Gasteiger partial charge is 0.342 e. The maximum absolute atomic E-state index is 13.6. The number of pyridine rings is 2. The van der Waals surface area contributed by atoms with Crippen molar-refractivity contribution in [3.05, 3.63) is 91.0 Å². The summed E-state index contributed by atoms with van der Waals surface area (Å²) in [4.78, 5) is 47.0. The normalized spacial score (nSPS) is 16.0. The van der Waals surface area contributed by atoms with E-state index in [1.54, 1.807) is 55.1 Å². The monoisotopic (exact) mass is 450 g/mol. The number of esters is 2. The average molecular weight is 450 g/mol. The molecule has 1 aliphatic rings. The Hall–Kier alpha value is -4.05. The highest BCUT2D eigenvalue weighted by Gasteiger charge is 2.37. The fraction of sp³-hybridized carbons (Fsp3) is 0.136. The van der Waals surface area contributed by atoms with E-state index in [1.165, 1.54) is 18.8 Å². The molecule has 4 heterocycles. The molecule has 2 N–H and O–H groups in total. The van der Waals surface area contributed by atoms with Crippen LogP contribution < -0.4 is 20.5 Å². The number of nitrogens with two attached hydrogens (primary N) is 1. The van der Waals surface area contributed by atoms with Gasteiger partial charge in [0.1, 0.15) is 10.2 Å². The zero-order valence-electron chi connectivity index (χ0n) is 17.1. The van der Waals surface area contributed by atoms with Crippen molar-refractivity contribution in [2.75, 3.05) is 14.2 Å². The molecule has 0 spiro atoms. The molecule has 32 heavy (non-hydrogen) atoms. The lowest BCUT2D eigenvalue weighted by molar-refractivity contribution is -0.136. The van der Waals surface area contributed by atoms with Crippen molar-refractivity contribution in [2.24, 2.45) is 5.73 Å². The maximum Gasteiger partial charge on any atom is 0.342 e. The van der Waals surface area contributed by atoms with E-state index in [1.807, 2.05) is 0 Å². The molecular formula is C22H18N4O5S. The Bertz CT molecular complexity index is 1410. The SMILES string of the molecule is COC(=O)C1=C(N)C(C(=O)OC)=c2s/c(=C/c3ccncc3)c(=O)n2C1c1ccncc1. The minimum absolute atomic E-state index is 0.0260. The predicted molar refractivity (Wildman–Crippen MR) is 117 cm³/mol. The first-order valence-corrected chi connectivity index (χ1v) is 10.2. The Morgan fingerprint density at radius 3 is 2.22 bits per heavy atom. The standard InChI is InChI=1S/C22H18N4O5S/c1-30-21(28)15-17(23)16(22(29)31-2)20-26(18(15)13-5-9-25-10-6-13)19(27)14(32-20)11-12-3-7-24-8-4-12/h3-11,18H,23H2,1-2H3/b14-11+. The highest BCUT2D eigenvalue weighted by molar-refractivity contribution is 7.07. The van der Waals surface area contributed by atoms with Crippen molar-refractivity contribution in [3.63, 3.8) is 0 Å². The Kier molecular flexibility index (Phi) is 5.69. The second-order valence-corrected chi connectivity index (χ2v) is 7.77. The van der Waals surface area contributed by atoms with Crippen LogP contribution in [0.15, 0.2) is 65.1 Å². The third-order valence-electron chi connectivity index (χ3n) is 4.98. The van der Waals surface area contributed by atoms with Crippen LogP contribution in [0.2, 0.25) is 0 Å². The first kappa shape index (κ1) is 21.2. The summed E-state index contributed by atoms with van der Waals surface area (Å²) in [5, 5.41) is 0. The van der Waals surface area contributed by atoms with Crippen molar-refractivity contribution in [1.82, 2.24) is 14.5 Å². The topological polar surface area (TPSA) is 126 Å². The Morgan fingerprint density at radius 2 is 1.62 bits per heavy atom. The number of methoxy groups -OCH3 is 2. The Morgan fingerprint density at radius 1 is 1.03 bits per heavy atom. The lowest BCUT2D eigenvalue weighted by Gasteiger charge is -2.26. The van der Waals surface area contributed by atoms with Crippen LogP contribution in [-0.2, 0) is 19.1 Å². The molecule has 0 radical (unpaired) electrons. The number of fused-ring (bicyclic) bond motifs is 1. The van der Waals surface area contributed by atoms with Crippen LogP contribution in [0, 0.1) is 0 Å². The molecule has 0 amide bonds. The van der Waals surface area contributed by atoms with Crippen molar-refractivity contribution in [1.29, 1.82) is 0 Å². The minimum atomic E-state index is -0.905. The molecule has 0 saturated carbocycles. The molecule has 1 atom stereocenters. The average Bonchev–Trinajstić information content (AvgIpc) is 3.13. The molecule has 1 unspecified atom stereocenters. The molecule has 4 rings (SSSR count). The van der Waals surface area contributed by atoms with Crippen molar-refractivity contribution in [2.45, 2.75) is 6.04 Å². The van der Waals surface area contributed by atoms with Crippen LogP contribution in [0.25, 0.3) is 11.6 Å². The van der Waals surface area contributed by atoms with Gasteiger partial charge in [0, 0.05) is 24.8 Å². The molecule has 9 nitrogen and oxygen atoms in total. The molecule has 0 aromatic carbocycles. The number of hydrogen-bond acceptors (Lipinski definition) is 9. The second kappa shape index (κ2) is 8.60. The molecule has 3 aromatic heterocycles. The lowest BCUT2D eigenvalue weighted by Crippen LogP contribution is -2.43. The summed E-state index contributed by atoms with van der Waals surface area (Å²) in [6, 6.07) is 5.94. The fourth-order valence-electron chi connectivity index (χ4n) is 3.53. The summed E-state index contributed by atoms with van der Waals surface area (Å²) in [5.41, 5.74) is 7.10. The number of thiazole rings is 1. The van der Waals surface area contributed by atoms with Gasteiger partial charge in [-0.3, -0.25) is 19.3 Å². The Balaban J connectivity index is 2.14. The van der Waals surface area contributed by atoms with E-state index in [-0.39, 0.29) is 27.1 Å². The van der Waals surface area contributed by atoms with Gasteiger partial charge in [-0.2, -0.15) is 0 Å². The lowest BCUT2D eigenvalue weighted by atomic mass is 9.92. The van der Waals surface area contributed by atoms with Crippen molar-refractivity contribution in [3.8, 4) is 0 Å². The highest BCUT2D eigenvalue weighted by atomic mass is 32.1. The van der Waals surface area contributed by atoms with E-state index in [4.69, 9.17) is 15.2 Å². The summed E-state index contributed by atoms with van der Waals surface area (Å²) in [5.74, 6) is -1.52. The van der Waals surface area contributed by atoms with Gasteiger partial charge in [-0.15, -0.1) is 11.3 Å². The van der Waals surface area contributed by atoms with Crippen molar-refractivity contribution >= 4 is 34.9 Å². The molecule has 10 heteroatoms. The van der Waals surface area contributed by atoms with Crippen LogP contribution in [0.3, 0.4) is 0 Å². The molecule has 162 valence electrons. The largest absolute Gasteiger partial charge is 0.466 e. The van der Waals surface area contributed by atoms with E-state index < -0.39 is 18.0 Å². The zero-order valence-corrected chi connectivity index (χ0v) is 18.0. The second-order valence-electron chi connectivity index (χ2n) is 6.74. The number of aromatic nitrogens is 3. The summed E-state index contributed by atoms with van der Waals surface area (Å²) >= 11 is 1.09. The first-order chi connectivity index (χ1) is 15.5. The van der Waals surface area contributed by atoms with Gasteiger partial charge in [0.2, 0.25) is 0 Å². The molecular weight excluding hydrogens is 432 g/mol. The van der Waals surface area contributed by atoms with Crippen molar-refractivity contribution < 1.29 is 19.1 Å². The number of hydrogen-bond donors (Lipinski definition) is 1. The van der Waals surface area contributed by atoms with Gasteiger partial charge < -0.3 is 15.2 Å². The molecule has 3 aromatic rings. The number of rotatable bonds is 4. The molecule has 0 saturated heterocycles. The van der Waals surface area contributed by atoms with Gasteiger partial charge in [-0.25, -0.2) is 9.59 Å². The summed E-state index contributed by atoms with van der Waals surface area (Å²) in [6.45, 7) is 0. The van der Waals surface area contributed by atoms with E-state index in [2.05, 4.69) is 9.97 Å². The number of carbonyl (C=O) groups is 2. The van der Waals surface area contributed by atoms with Gasteiger partial charge in [0.05, 0.1) is 36.1 Å². The minimum Gasteiger partial charge on any atom is -0.466 e. The van der Waals surface area contributed by atoms with Crippen LogP contribution in [0.4, 0.5) is 0 Å². The number of ether oxygens (including phenoxy) is 2. The summed E-state index contributed by atoms with van der Waals surface area (Å²) in [6.07, 6.45) is 7.99. The van der Waals surface area contributed by atoms with Gasteiger partial charge >= 0.3 is 11.9 Å². The van der Waals surface area contributed by atoms with Crippen LogP contribution in [-0.4, -0.2) is 40.7 Å². The van der Waals surface area contributed by atoms with Gasteiger partial charge in [0.15, 0.2) is 0 Å². The zero-order chi connectivity index (χ0) is 22.8. The van der Waals surface area contributed by atoms with E-state index >= 15 is 0 Å². The predicted octanol–water partition coefficient (Wildman–Crippen LogP) is -0.159. The quantitative estimate of drug-likeness (QED) is 0.544. The van der Waals surface area contributed by atoms with Crippen LogP contribution in [0.1, 0.15) is 17.2 Å². The fourth-order valence-corrected chi connectivity index (χ4v) is 4.71. The van der Waals surface area contributed by atoms with Gasteiger partial charge in [-0.1, -0.05) is 0 Å². The number of nitrogens with zero attached hydrogens (tertiary/aromatic N) is 3. The Labute approximate surface area is 185 Å². The van der Waals surface area contributed by atoms with E-state index in [9.17, 15) is 14.4 Å². The third-order valence-corrected chi connectivity index (χ3v) is 6.09. The molecule has 0 fully saturated rings. The number of carbonyl (C=O) groups excluding carboxylic acids is 2. The van der Waals surface area contributed by atoms with E-state index in [0.29, 0.717) is 10.1 Å². The summed E-state index contributed by atoms with van der Waals surface area (Å²) in [7, 11) is 2.41. The highest BCUT2D eigenvalue weighted by Crippen LogP contribution is 2.32. The van der Waals surface area contributed by atoms with E-state index in [0.717, 1.165) is 16.9 Å². The third kappa shape index (κ3) is 3.50.